The van der Waals surface area contributed by atoms with E-state index in [1.165, 1.54) is 38.0 Å². The SMILES string of the molecule is c1ccc(CN2CC[C@H]3CCN[C@H]3C2)cc1. The highest BCUT2D eigenvalue weighted by atomic mass is 15.2. The summed E-state index contributed by atoms with van der Waals surface area (Å²) in [4.78, 5) is 2.59. The van der Waals surface area contributed by atoms with E-state index in [9.17, 15) is 0 Å². The number of likely N-dealkylation sites (tertiary alicyclic amines) is 1. The second-order valence-electron chi connectivity index (χ2n) is 5.12. The van der Waals surface area contributed by atoms with E-state index >= 15 is 0 Å². The van der Waals surface area contributed by atoms with Gasteiger partial charge in [-0.1, -0.05) is 30.3 Å². The number of nitrogens with zero attached hydrogens (tertiary/aromatic N) is 1. The number of piperidine rings is 1. The van der Waals surface area contributed by atoms with Crippen LogP contribution in [0.15, 0.2) is 30.3 Å². The minimum Gasteiger partial charge on any atom is -0.312 e. The molecule has 2 nitrogen and oxygen atoms in total. The van der Waals surface area contributed by atoms with Gasteiger partial charge in [-0.2, -0.15) is 0 Å². The van der Waals surface area contributed by atoms with Crippen molar-refractivity contribution in [3.8, 4) is 0 Å². The van der Waals surface area contributed by atoms with Gasteiger partial charge in [0.15, 0.2) is 0 Å². The van der Waals surface area contributed by atoms with E-state index in [1.807, 2.05) is 0 Å². The summed E-state index contributed by atoms with van der Waals surface area (Å²) in [6.45, 7) is 4.86. The summed E-state index contributed by atoms with van der Waals surface area (Å²) >= 11 is 0. The van der Waals surface area contributed by atoms with Crippen LogP contribution in [-0.4, -0.2) is 30.6 Å². The van der Waals surface area contributed by atoms with Gasteiger partial charge in [0.25, 0.3) is 0 Å². The third-order valence-corrected chi connectivity index (χ3v) is 4.01. The lowest BCUT2D eigenvalue weighted by molar-refractivity contribution is 0.159. The van der Waals surface area contributed by atoms with Gasteiger partial charge in [-0.05, 0) is 37.4 Å². The van der Waals surface area contributed by atoms with Crippen molar-refractivity contribution < 1.29 is 0 Å². The third-order valence-electron chi connectivity index (χ3n) is 4.01. The fraction of sp³-hybridized carbons (Fsp3) is 0.571. The summed E-state index contributed by atoms with van der Waals surface area (Å²) in [5, 5.41) is 3.63. The standard InChI is InChI=1S/C14H20N2/c1-2-4-12(5-3-1)10-16-9-7-13-6-8-15-14(13)11-16/h1-5,13-15H,6-11H2/t13-,14+/m1/s1. The van der Waals surface area contributed by atoms with Gasteiger partial charge in [0.05, 0.1) is 0 Å². The molecule has 1 aromatic carbocycles. The maximum Gasteiger partial charge on any atom is 0.0234 e. The average Bonchev–Trinajstić information content (AvgIpc) is 2.77. The lowest BCUT2D eigenvalue weighted by Crippen LogP contribution is -2.45. The van der Waals surface area contributed by atoms with Crippen LogP contribution in [0.5, 0.6) is 0 Å². The molecular formula is C14H20N2. The van der Waals surface area contributed by atoms with Crippen molar-refractivity contribution >= 4 is 0 Å². The van der Waals surface area contributed by atoms with Gasteiger partial charge in [-0.3, -0.25) is 4.90 Å². The van der Waals surface area contributed by atoms with Crippen molar-refractivity contribution in [2.75, 3.05) is 19.6 Å². The van der Waals surface area contributed by atoms with Crippen LogP contribution in [0.25, 0.3) is 0 Å². The molecule has 2 fully saturated rings. The Morgan fingerprint density at radius 3 is 2.94 bits per heavy atom. The van der Waals surface area contributed by atoms with Gasteiger partial charge < -0.3 is 5.32 Å². The molecule has 86 valence electrons. The fourth-order valence-electron chi connectivity index (χ4n) is 3.08. The third kappa shape index (κ3) is 2.13. The van der Waals surface area contributed by atoms with Crippen molar-refractivity contribution in [3.63, 3.8) is 0 Å². The van der Waals surface area contributed by atoms with Crippen LogP contribution in [0, 0.1) is 5.92 Å². The van der Waals surface area contributed by atoms with Crippen molar-refractivity contribution in [1.82, 2.24) is 10.2 Å². The van der Waals surface area contributed by atoms with Gasteiger partial charge in [-0.25, -0.2) is 0 Å². The van der Waals surface area contributed by atoms with Crippen LogP contribution in [0.3, 0.4) is 0 Å². The molecule has 3 rings (SSSR count). The zero-order valence-electron chi connectivity index (χ0n) is 9.73. The summed E-state index contributed by atoms with van der Waals surface area (Å²) in [7, 11) is 0. The lowest BCUT2D eigenvalue weighted by atomic mass is 9.92. The zero-order valence-corrected chi connectivity index (χ0v) is 9.73. The first-order valence-electron chi connectivity index (χ1n) is 6.41. The number of benzene rings is 1. The van der Waals surface area contributed by atoms with E-state index < -0.39 is 0 Å². The second kappa shape index (κ2) is 4.56. The molecule has 2 aliphatic rings. The molecule has 0 amide bonds. The lowest BCUT2D eigenvalue weighted by Gasteiger charge is -2.34. The van der Waals surface area contributed by atoms with Gasteiger partial charge >= 0.3 is 0 Å². The summed E-state index contributed by atoms with van der Waals surface area (Å²) in [5.74, 6) is 0.951. The first kappa shape index (κ1) is 10.3. The Morgan fingerprint density at radius 1 is 1.19 bits per heavy atom. The first-order valence-corrected chi connectivity index (χ1v) is 6.41. The summed E-state index contributed by atoms with van der Waals surface area (Å²) < 4.78 is 0. The molecule has 2 atom stereocenters. The van der Waals surface area contributed by atoms with Crippen LogP contribution in [0.1, 0.15) is 18.4 Å². The van der Waals surface area contributed by atoms with Gasteiger partial charge in [0.1, 0.15) is 0 Å². The fourth-order valence-corrected chi connectivity index (χ4v) is 3.08. The molecule has 0 bridgehead atoms. The highest BCUT2D eigenvalue weighted by Gasteiger charge is 2.32. The molecule has 16 heavy (non-hydrogen) atoms. The largest absolute Gasteiger partial charge is 0.312 e. The summed E-state index contributed by atoms with van der Waals surface area (Å²) in [6.07, 6.45) is 2.77. The molecule has 2 heterocycles. The highest BCUT2D eigenvalue weighted by molar-refractivity contribution is 5.14. The quantitative estimate of drug-likeness (QED) is 0.812. The van der Waals surface area contributed by atoms with Gasteiger partial charge in [-0.15, -0.1) is 0 Å². The van der Waals surface area contributed by atoms with E-state index in [0.717, 1.165) is 18.5 Å². The summed E-state index contributed by atoms with van der Waals surface area (Å²) in [6, 6.07) is 11.6. The number of fused-ring (bicyclic) bond motifs is 1. The molecular weight excluding hydrogens is 196 g/mol. The molecule has 1 N–H and O–H groups in total. The number of hydrogen-bond acceptors (Lipinski definition) is 2. The topological polar surface area (TPSA) is 15.3 Å². The first-order chi connectivity index (χ1) is 7.92. The molecule has 1 aromatic rings. The van der Waals surface area contributed by atoms with Crippen LogP contribution in [0.2, 0.25) is 0 Å². The Hall–Kier alpha value is -0.860. The molecule has 0 aromatic heterocycles. The Balaban J connectivity index is 1.60. The molecule has 2 saturated heterocycles. The van der Waals surface area contributed by atoms with Crippen LogP contribution >= 0.6 is 0 Å². The molecule has 0 saturated carbocycles. The summed E-state index contributed by atoms with van der Waals surface area (Å²) in [5.41, 5.74) is 1.44. The van der Waals surface area contributed by atoms with Gasteiger partial charge in [0, 0.05) is 19.1 Å². The smallest absolute Gasteiger partial charge is 0.0234 e. The van der Waals surface area contributed by atoms with E-state index in [0.29, 0.717) is 0 Å². The Morgan fingerprint density at radius 2 is 2.06 bits per heavy atom. The molecule has 2 aliphatic heterocycles. The van der Waals surface area contributed by atoms with Crippen molar-refractivity contribution in [1.29, 1.82) is 0 Å². The maximum atomic E-state index is 3.63. The molecule has 0 spiro atoms. The van der Waals surface area contributed by atoms with Crippen LogP contribution in [-0.2, 0) is 6.54 Å². The van der Waals surface area contributed by atoms with E-state index in [1.54, 1.807) is 0 Å². The molecule has 0 unspecified atom stereocenters. The van der Waals surface area contributed by atoms with Crippen molar-refractivity contribution in [2.45, 2.75) is 25.4 Å². The Labute approximate surface area is 97.6 Å². The number of nitrogens with one attached hydrogen (secondary N) is 1. The normalized spacial score (nSPS) is 30.2. The van der Waals surface area contributed by atoms with Crippen LogP contribution < -0.4 is 5.32 Å². The Bertz CT molecular complexity index is 336. The Kier molecular flexibility index (Phi) is 2.94. The highest BCUT2D eigenvalue weighted by Crippen LogP contribution is 2.25. The monoisotopic (exact) mass is 216 g/mol. The predicted octanol–water partition coefficient (Wildman–Crippen LogP) is 1.87. The van der Waals surface area contributed by atoms with E-state index in [2.05, 4.69) is 40.5 Å². The average molecular weight is 216 g/mol. The maximum absolute atomic E-state index is 3.63. The van der Waals surface area contributed by atoms with E-state index in [4.69, 9.17) is 0 Å². The molecule has 0 aliphatic carbocycles. The predicted molar refractivity (Wildman–Crippen MR) is 66.2 cm³/mol. The van der Waals surface area contributed by atoms with Crippen molar-refractivity contribution in [2.24, 2.45) is 5.92 Å². The van der Waals surface area contributed by atoms with Gasteiger partial charge in [0.2, 0.25) is 0 Å². The number of rotatable bonds is 2. The minimum absolute atomic E-state index is 0.762. The van der Waals surface area contributed by atoms with Crippen LogP contribution in [0.4, 0.5) is 0 Å². The zero-order chi connectivity index (χ0) is 10.8. The number of hydrogen-bond donors (Lipinski definition) is 1. The molecule has 2 heteroatoms. The minimum atomic E-state index is 0.762. The van der Waals surface area contributed by atoms with E-state index in [-0.39, 0.29) is 0 Å². The van der Waals surface area contributed by atoms with Crippen molar-refractivity contribution in [3.05, 3.63) is 35.9 Å². The second-order valence-corrected chi connectivity index (χ2v) is 5.12. The molecule has 0 radical (unpaired) electrons.